The molecule has 5 heterocycles. The van der Waals surface area contributed by atoms with E-state index in [1.807, 2.05) is 0 Å². The number of aromatic amines is 1. The molecule has 6 rings (SSSR count). The number of rotatable bonds is 9. The number of halogens is 1. The number of hydrogen-bond acceptors (Lipinski definition) is 10. The molecular weight excluding hydrogens is 604 g/mol. The lowest BCUT2D eigenvalue weighted by atomic mass is 10.1. The molecule has 1 unspecified atom stereocenters. The summed E-state index contributed by atoms with van der Waals surface area (Å²) in [6.45, 7) is 12.7. The number of H-pyrrole nitrogens is 1. The minimum Gasteiger partial charge on any atom is -0.491 e. The largest absolute Gasteiger partial charge is 0.491 e. The van der Waals surface area contributed by atoms with E-state index in [2.05, 4.69) is 75.2 Å². The third-order valence-electron chi connectivity index (χ3n) is 7.96. The maximum absolute atomic E-state index is 9.00. The Morgan fingerprint density at radius 3 is 2.60 bits per heavy atom. The molecule has 3 fully saturated rings. The van der Waals surface area contributed by atoms with Crippen molar-refractivity contribution < 1.29 is 19.4 Å². The van der Waals surface area contributed by atoms with Crippen molar-refractivity contribution in [3.8, 4) is 5.75 Å². The number of carboxylic acid groups (broad SMARTS) is 1. The number of anilines is 3. The van der Waals surface area contributed by atoms with Crippen molar-refractivity contribution in [2.24, 2.45) is 0 Å². The van der Waals surface area contributed by atoms with Crippen LogP contribution >= 0.6 is 15.9 Å². The molecule has 1 atom stereocenters. The molecule has 3 saturated heterocycles. The molecule has 0 spiro atoms. The van der Waals surface area contributed by atoms with Crippen LogP contribution in [0, 0.1) is 6.92 Å². The quantitative estimate of drug-likeness (QED) is 0.313. The molecule has 13 heteroatoms. The van der Waals surface area contributed by atoms with Gasteiger partial charge in [0.15, 0.2) is 5.65 Å². The van der Waals surface area contributed by atoms with Gasteiger partial charge >= 0.3 is 0 Å². The van der Waals surface area contributed by atoms with E-state index in [1.54, 1.807) is 6.33 Å². The van der Waals surface area contributed by atoms with Crippen molar-refractivity contribution in [1.29, 1.82) is 0 Å². The second kappa shape index (κ2) is 14.3. The van der Waals surface area contributed by atoms with Gasteiger partial charge in [-0.1, -0.05) is 0 Å². The minimum atomic E-state index is -0.833. The SMILES string of the molecule is CC(=O)O.Cc1c(NCCN2CCCC2)cc(OCC2CCCO2)cc1N1CCN(c2ncnc3n[nH]c(Br)c23)CC1. The predicted molar refractivity (Wildman–Crippen MR) is 167 cm³/mol. The summed E-state index contributed by atoms with van der Waals surface area (Å²) in [5.74, 6) is 0.997. The summed E-state index contributed by atoms with van der Waals surface area (Å²) < 4.78 is 12.9. The highest BCUT2D eigenvalue weighted by molar-refractivity contribution is 9.10. The highest BCUT2D eigenvalue weighted by atomic mass is 79.9. The molecular formula is C29H41BrN8O4. The standard InChI is InChI=1S/C27H37BrN8O2.C2H4O2/c1-19-22(29-6-9-34-7-2-3-8-34)15-21(38-17-20-5-4-14-37-20)16-23(19)35-10-12-36(13-11-35)27-24-25(28)32-33-26(24)30-18-31-27;1-2(3)4/h15-16,18,20,29H,2-14,17H2,1H3,(H,30,31,32,33);1H3,(H,3,4). The van der Waals surface area contributed by atoms with Gasteiger partial charge in [0.05, 0.1) is 11.5 Å². The van der Waals surface area contributed by atoms with E-state index >= 15 is 0 Å². The molecule has 3 aromatic rings. The first-order valence-electron chi connectivity index (χ1n) is 14.8. The number of hydrogen-bond donors (Lipinski definition) is 3. The summed E-state index contributed by atoms with van der Waals surface area (Å²) >= 11 is 3.57. The van der Waals surface area contributed by atoms with E-state index in [1.165, 1.54) is 37.2 Å². The van der Waals surface area contributed by atoms with Crippen molar-refractivity contribution in [2.45, 2.75) is 45.6 Å². The first-order valence-corrected chi connectivity index (χ1v) is 15.6. The van der Waals surface area contributed by atoms with Crippen LogP contribution in [0.2, 0.25) is 0 Å². The minimum absolute atomic E-state index is 0.196. The predicted octanol–water partition coefficient (Wildman–Crippen LogP) is 3.91. The Labute approximate surface area is 254 Å². The number of benzene rings is 1. The smallest absolute Gasteiger partial charge is 0.300 e. The van der Waals surface area contributed by atoms with Gasteiger partial charge in [0.1, 0.15) is 29.1 Å². The van der Waals surface area contributed by atoms with Gasteiger partial charge in [0.2, 0.25) is 0 Å². The molecule has 228 valence electrons. The third-order valence-corrected chi connectivity index (χ3v) is 8.54. The fourth-order valence-electron chi connectivity index (χ4n) is 5.79. The van der Waals surface area contributed by atoms with Gasteiger partial charge in [-0.25, -0.2) is 9.97 Å². The fraction of sp³-hybridized carbons (Fsp3) is 0.586. The Hall–Kier alpha value is -3.16. The number of piperazine rings is 1. The van der Waals surface area contributed by atoms with Crippen molar-refractivity contribution in [2.75, 3.05) is 80.7 Å². The average molecular weight is 646 g/mol. The molecule has 0 aliphatic carbocycles. The summed E-state index contributed by atoms with van der Waals surface area (Å²) in [6.07, 6.45) is 6.62. The Morgan fingerprint density at radius 1 is 1.14 bits per heavy atom. The van der Waals surface area contributed by atoms with Crippen molar-refractivity contribution >= 4 is 50.1 Å². The zero-order chi connectivity index (χ0) is 29.5. The summed E-state index contributed by atoms with van der Waals surface area (Å²) in [5.41, 5.74) is 4.34. The van der Waals surface area contributed by atoms with E-state index in [0.29, 0.717) is 12.3 Å². The first kappa shape index (κ1) is 30.3. The van der Waals surface area contributed by atoms with E-state index in [-0.39, 0.29) is 6.10 Å². The third kappa shape index (κ3) is 7.61. The zero-order valence-electron chi connectivity index (χ0n) is 24.4. The van der Waals surface area contributed by atoms with Gasteiger partial charge in [-0.15, -0.1) is 0 Å². The van der Waals surface area contributed by atoms with Crippen molar-refractivity contribution in [3.63, 3.8) is 0 Å². The Balaban J connectivity index is 0.000000830. The molecule has 0 saturated carbocycles. The maximum Gasteiger partial charge on any atom is 0.300 e. The van der Waals surface area contributed by atoms with Gasteiger partial charge in [-0.05, 0) is 67.2 Å². The molecule has 3 aliphatic heterocycles. The maximum atomic E-state index is 9.00. The lowest BCUT2D eigenvalue weighted by Crippen LogP contribution is -2.47. The van der Waals surface area contributed by atoms with E-state index in [0.717, 1.165) is 92.9 Å². The lowest BCUT2D eigenvalue weighted by molar-refractivity contribution is -0.134. The summed E-state index contributed by atoms with van der Waals surface area (Å²) in [5, 5.41) is 19.3. The molecule has 3 N–H and O–H groups in total. The van der Waals surface area contributed by atoms with Crippen LogP contribution in [0.1, 0.15) is 38.2 Å². The Bertz CT molecular complexity index is 1330. The van der Waals surface area contributed by atoms with Crippen LogP contribution in [0.5, 0.6) is 5.75 Å². The number of nitrogens with one attached hydrogen (secondary N) is 2. The van der Waals surface area contributed by atoms with Crippen molar-refractivity contribution in [1.82, 2.24) is 25.1 Å². The normalized spacial score (nSPS) is 19.2. The van der Waals surface area contributed by atoms with Gasteiger partial charge < -0.3 is 34.6 Å². The molecule has 0 radical (unpaired) electrons. The Morgan fingerprint density at radius 2 is 1.88 bits per heavy atom. The monoisotopic (exact) mass is 644 g/mol. The lowest BCUT2D eigenvalue weighted by Gasteiger charge is -2.38. The van der Waals surface area contributed by atoms with Crippen LogP contribution in [0.3, 0.4) is 0 Å². The molecule has 12 nitrogen and oxygen atoms in total. The topological polar surface area (TPSA) is 132 Å². The zero-order valence-corrected chi connectivity index (χ0v) is 26.0. The number of aliphatic carboxylic acids is 1. The number of ether oxygens (including phenoxy) is 2. The van der Waals surface area contributed by atoms with Crippen molar-refractivity contribution in [3.05, 3.63) is 28.6 Å². The second-order valence-electron chi connectivity index (χ2n) is 11.0. The number of carbonyl (C=O) groups is 1. The molecule has 0 amide bonds. The van der Waals surface area contributed by atoms with Gasteiger partial charge in [0, 0.05) is 76.3 Å². The van der Waals surface area contributed by atoms with Gasteiger partial charge in [-0.3, -0.25) is 9.89 Å². The van der Waals surface area contributed by atoms with Crippen LogP contribution in [-0.4, -0.2) is 108 Å². The molecule has 0 bridgehead atoms. The number of carboxylic acids is 1. The summed E-state index contributed by atoms with van der Waals surface area (Å²) in [6, 6.07) is 4.38. The van der Waals surface area contributed by atoms with E-state index < -0.39 is 5.97 Å². The van der Waals surface area contributed by atoms with Crippen LogP contribution in [0.4, 0.5) is 17.2 Å². The molecule has 3 aliphatic rings. The molecule has 2 aromatic heterocycles. The van der Waals surface area contributed by atoms with Crippen LogP contribution in [0.25, 0.3) is 11.0 Å². The number of nitrogens with zero attached hydrogens (tertiary/aromatic N) is 6. The highest BCUT2D eigenvalue weighted by Crippen LogP contribution is 2.35. The number of likely N-dealkylation sites (tertiary alicyclic amines) is 1. The van der Waals surface area contributed by atoms with E-state index in [4.69, 9.17) is 19.4 Å². The van der Waals surface area contributed by atoms with Gasteiger partial charge in [-0.2, -0.15) is 5.10 Å². The fourth-order valence-corrected chi connectivity index (χ4v) is 6.24. The summed E-state index contributed by atoms with van der Waals surface area (Å²) in [7, 11) is 0. The molecule has 42 heavy (non-hydrogen) atoms. The number of fused-ring (bicyclic) bond motifs is 1. The molecule has 1 aromatic carbocycles. The van der Waals surface area contributed by atoms with Gasteiger partial charge in [0.25, 0.3) is 5.97 Å². The van der Waals surface area contributed by atoms with Crippen LogP contribution in [-0.2, 0) is 9.53 Å². The number of aromatic nitrogens is 4. The van der Waals surface area contributed by atoms with E-state index in [9.17, 15) is 0 Å². The highest BCUT2D eigenvalue weighted by Gasteiger charge is 2.25. The second-order valence-corrected chi connectivity index (χ2v) is 11.8. The summed E-state index contributed by atoms with van der Waals surface area (Å²) in [4.78, 5) is 25.2. The Kier molecular flexibility index (Phi) is 10.3. The van der Waals surface area contributed by atoms with Crippen LogP contribution < -0.4 is 19.9 Å². The average Bonchev–Trinajstić information content (AvgIpc) is 3.77. The van der Waals surface area contributed by atoms with Crippen LogP contribution in [0.15, 0.2) is 23.1 Å². The first-order chi connectivity index (χ1) is 20.4.